The first-order chi connectivity index (χ1) is 15.3. The van der Waals surface area contributed by atoms with Crippen LogP contribution in [-0.4, -0.2) is 43.1 Å². The smallest absolute Gasteiger partial charge is 0.231 e. The number of rotatable bonds is 7. The summed E-state index contributed by atoms with van der Waals surface area (Å²) in [5, 5.41) is 14.4. The van der Waals surface area contributed by atoms with Crippen LogP contribution in [0.1, 0.15) is 50.5 Å². The van der Waals surface area contributed by atoms with Crippen molar-refractivity contribution in [2.24, 2.45) is 5.92 Å². The van der Waals surface area contributed by atoms with Gasteiger partial charge in [0.25, 0.3) is 0 Å². The minimum absolute atomic E-state index is 0.242. The first-order valence-electron chi connectivity index (χ1n) is 11.8. The van der Waals surface area contributed by atoms with Gasteiger partial charge >= 0.3 is 0 Å². The van der Waals surface area contributed by atoms with Gasteiger partial charge in [0.1, 0.15) is 5.82 Å². The lowest BCUT2D eigenvalue weighted by Gasteiger charge is -2.34. The van der Waals surface area contributed by atoms with E-state index in [9.17, 15) is 5.11 Å². The minimum Gasteiger partial charge on any atom is -0.454 e. The van der Waals surface area contributed by atoms with Gasteiger partial charge in [-0.2, -0.15) is 0 Å². The van der Waals surface area contributed by atoms with Crippen LogP contribution in [0.3, 0.4) is 0 Å². The number of allylic oxidation sites excluding steroid dienone is 1. The summed E-state index contributed by atoms with van der Waals surface area (Å²) >= 11 is 0. The summed E-state index contributed by atoms with van der Waals surface area (Å²) in [5.74, 6) is 2.92. The van der Waals surface area contributed by atoms with Crippen LogP contribution in [0, 0.1) is 5.92 Å². The lowest BCUT2D eigenvalue weighted by atomic mass is 9.97. The van der Waals surface area contributed by atoms with Crippen molar-refractivity contribution in [2.75, 3.05) is 37.9 Å². The van der Waals surface area contributed by atoms with E-state index in [1.165, 1.54) is 31.2 Å². The summed E-state index contributed by atoms with van der Waals surface area (Å²) in [4.78, 5) is 7.43. The van der Waals surface area contributed by atoms with Gasteiger partial charge in [-0.25, -0.2) is 4.98 Å². The van der Waals surface area contributed by atoms with Crippen LogP contribution in [0.5, 0.6) is 11.5 Å². The van der Waals surface area contributed by atoms with Crippen LogP contribution in [0.4, 0.5) is 5.82 Å². The Morgan fingerprint density at radius 2 is 2.03 bits per heavy atom. The van der Waals surface area contributed by atoms with Crippen LogP contribution in [0.15, 0.2) is 29.8 Å². The number of nitrogens with zero attached hydrogens (tertiary/aromatic N) is 2. The maximum absolute atomic E-state index is 9.70. The van der Waals surface area contributed by atoms with Crippen molar-refractivity contribution in [2.45, 2.75) is 51.5 Å². The van der Waals surface area contributed by atoms with E-state index in [0.717, 1.165) is 73.7 Å². The summed E-state index contributed by atoms with van der Waals surface area (Å²) in [5.41, 5.74) is 3.74. The molecule has 1 fully saturated rings. The molecule has 6 nitrogen and oxygen atoms in total. The SMILES string of the molecule is OCC1CCCN(c2nc3cc4c(cc3cc2CNCCC2=CCCCC2)OCO4)C1. The third-order valence-corrected chi connectivity index (χ3v) is 6.77. The van der Waals surface area contributed by atoms with Gasteiger partial charge in [0.15, 0.2) is 11.5 Å². The third kappa shape index (κ3) is 4.65. The number of anilines is 1. The van der Waals surface area contributed by atoms with Crippen molar-refractivity contribution in [1.29, 1.82) is 0 Å². The zero-order chi connectivity index (χ0) is 21.0. The number of aliphatic hydroxyl groups is 1. The maximum atomic E-state index is 9.70. The summed E-state index contributed by atoms with van der Waals surface area (Å²) in [6.45, 7) is 4.14. The van der Waals surface area contributed by atoms with Gasteiger partial charge in [0, 0.05) is 43.3 Å². The Balaban J connectivity index is 1.38. The van der Waals surface area contributed by atoms with E-state index in [2.05, 4.69) is 22.4 Å². The van der Waals surface area contributed by atoms with Crippen LogP contribution in [0.25, 0.3) is 10.9 Å². The number of aromatic nitrogens is 1. The first kappa shape index (κ1) is 20.6. The molecule has 5 rings (SSSR count). The van der Waals surface area contributed by atoms with Gasteiger partial charge in [-0.05, 0) is 69.5 Å². The minimum atomic E-state index is 0.242. The lowest BCUT2D eigenvalue weighted by molar-refractivity contribution is 0.174. The van der Waals surface area contributed by atoms with Gasteiger partial charge in [0.05, 0.1) is 5.52 Å². The molecule has 1 saturated heterocycles. The van der Waals surface area contributed by atoms with Gasteiger partial charge in [-0.1, -0.05) is 11.6 Å². The number of hydrogen-bond acceptors (Lipinski definition) is 6. The molecule has 31 heavy (non-hydrogen) atoms. The molecule has 0 spiro atoms. The first-order valence-corrected chi connectivity index (χ1v) is 11.8. The molecule has 0 radical (unpaired) electrons. The van der Waals surface area contributed by atoms with E-state index in [-0.39, 0.29) is 13.4 Å². The summed E-state index contributed by atoms with van der Waals surface area (Å²) in [7, 11) is 0. The molecule has 1 atom stereocenters. The molecule has 3 aliphatic rings. The molecule has 1 aliphatic carbocycles. The Bertz CT molecular complexity index is 959. The van der Waals surface area contributed by atoms with Crippen LogP contribution in [0.2, 0.25) is 0 Å². The molecule has 166 valence electrons. The number of benzene rings is 1. The summed E-state index contributed by atoms with van der Waals surface area (Å²) < 4.78 is 11.1. The van der Waals surface area contributed by atoms with E-state index in [1.54, 1.807) is 5.57 Å². The van der Waals surface area contributed by atoms with Crippen LogP contribution < -0.4 is 19.7 Å². The normalized spacial score (nSPS) is 20.9. The highest BCUT2D eigenvalue weighted by Crippen LogP contribution is 2.37. The van der Waals surface area contributed by atoms with Crippen LogP contribution >= 0.6 is 0 Å². The Morgan fingerprint density at radius 3 is 2.87 bits per heavy atom. The van der Waals surface area contributed by atoms with E-state index in [1.807, 2.05) is 12.1 Å². The van der Waals surface area contributed by atoms with Gasteiger partial charge in [-0.15, -0.1) is 0 Å². The van der Waals surface area contributed by atoms with Gasteiger partial charge in [-0.3, -0.25) is 0 Å². The Morgan fingerprint density at radius 1 is 1.13 bits per heavy atom. The molecular weight excluding hydrogens is 390 g/mol. The number of hydrogen-bond donors (Lipinski definition) is 2. The number of pyridine rings is 1. The van der Waals surface area contributed by atoms with Crippen molar-refractivity contribution in [3.63, 3.8) is 0 Å². The molecular formula is C25H33N3O3. The number of ether oxygens (including phenoxy) is 2. The molecule has 1 aromatic carbocycles. The highest BCUT2D eigenvalue weighted by atomic mass is 16.7. The second-order valence-corrected chi connectivity index (χ2v) is 9.04. The monoisotopic (exact) mass is 423 g/mol. The van der Waals surface area contributed by atoms with Crippen molar-refractivity contribution in [1.82, 2.24) is 10.3 Å². The molecule has 6 heteroatoms. The molecule has 0 amide bonds. The number of fused-ring (bicyclic) bond motifs is 2. The zero-order valence-electron chi connectivity index (χ0n) is 18.2. The third-order valence-electron chi connectivity index (χ3n) is 6.77. The number of piperidine rings is 1. The highest BCUT2D eigenvalue weighted by molar-refractivity contribution is 5.85. The molecule has 0 saturated carbocycles. The van der Waals surface area contributed by atoms with Crippen molar-refractivity contribution < 1.29 is 14.6 Å². The van der Waals surface area contributed by atoms with Crippen molar-refractivity contribution in [3.8, 4) is 11.5 Å². The fourth-order valence-electron chi connectivity index (χ4n) is 5.01. The Hall–Kier alpha value is -2.31. The fourth-order valence-corrected chi connectivity index (χ4v) is 5.01. The molecule has 3 heterocycles. The second kappa shape index (κ2) is 9.45. The predicted octanol–water partition coefficient (Wildman–Crippen LogP) is 4.15. The second-order valence-electron chi connectivity index (χ2n) is 9.04. The van der Waals surface area contributed by atoms with Crippen molar-refractivity contribution in [3.05, 3.63) is 35.4 Å². The van der Waals surface area contributed by atoms with E-state index >= 15 is 0 Å². The topological polar surface area (TPSA) is 66.9 Å². The average molecular weight is 424 g/mol. The number of nitrogens with one attached hydrogen (secondary N) is 1. The summed E-state index contributed by atoms with van der Waals surface area (Å²) in [6.07, 6.45) is 10.9. The van der Waals surface area contributed by atoms with Gasteiger partial charge < -0.3 is 24.8 Å². The van der Waals surface area contributed by atoms with Gasteiger partial charge in [0.2, 0.25) is 6.79 Å². The summed E-state index contributed by atoms with van der Waals surface area (Å²) in [6, 6.07) is 6.27. The maximum Gasteiger partial charge on any atom is 0.231 e. The Kier molecular flexibility index (Phi) is 6.27. The van der Waals surface area contributed by atoms with E-state index < -0.39 is 0 Å². The van der Waals surface area contributed by atoms with E-state index in [4.69, 9.17) is 14.5 Å². The zero-order valence-corrected chi connectivity index (χ0v) is 18.2. The fraction of sp³-hybridized carbons (Fsp3) is 0.560. The predicted molar refractivity (Wildman–Crippen MR) is 123 cm³/mol. The molecule has 1 aromatic heterocycles. The molecule has 0 bridgehead atoms. The van der Waals surface area contributed by atoms with Crippen molar-refractivity contribution >= 4 is 16.7 Å². The molecule has 2 aliphatic heterocycles. The molecule has 2 aromatic rings. The lowest BCUT2D eigenvalue weighted by Crippen LogP contribution is -2.38. The molecule has 2 N–H and O–H groups in total. The largest absolute Gasteiger partial charge is 0.454 e. The quantitative estimate of drug-likeness (QED) is 0.515. The standard InChI is InChI=1S/C25H33N3O3/c29-16-19-7-4-10-28(15-19)25-21(14-26-9-8-18-5-2-1-3-6-18)11-20-12-23-24(31-17-30-23)13-22(20)27-25/h5,11-13,19,26,29H,1-4,6-10,14-17H2. The average Bonchev–Trinajstić information content (AvgIpc) is 3.28. The van der Waals surface area contributed by atoms with E-state index in [0.29, 0.717) is 5.92 Å². The number of aliphatic hydroxyl groups excluding tert-OH is 1. The van der Waals surface area contributed by atoms with Crippen LogP contribution in [-0.2, 0) is 6.54 Å². The Labute approximate surface area is 184 Å². The highest BCUT2D eigenvalue weighted by Gasteiger charge is 2.24. The molecule has 1 unspecified atom stereocenters.